The third-order valence-electron chi connectivity index (χ3n) is 3.84. The normalized spacial score (nSPS) is 12.2. The first-order valence-corrected chi connectivity index (χ1v) is 9.66. The Labute approximate surface area is 154 Å². The van der Waals surface area contributed by atoms with E-state index in [1.807, 2.05) is 62.4 Å². The molecule has 0 spiro atoms. The zero-order chi connectivity index (χ0) is 19.2. The zero-order valence-corrected chi connectivity index (χ0v) is 15.7. The van der Waals surface area contributed by atoms with E-state index in [0.29, 0.717) is 5.69 Å². The number of rotatable bonds is 7. The van der Waals surface area contributed by atoms with Crippen molar-refractivity contribution in [1.82, 2.24) is 4.72 Å². The minimum atomic E-state index is -3.55. The van der Waals surface area contributed by atoms with Crippen LogP contribution in [0.5, 0.6) is 0 Å². The summed E-state index contributed by atoms with van der Waals surface area (Å²) in [6.07, 6.45) is 1.56. The molecule has 2 rings (SSSR count). The van der Waals surface area contributed by atoms with Crippen LogP contribution in [0.1, 0.15) is 25.0 Å². The number of hydrogen-bond acceptors (Lipinski definition) is 3. The van der Waals surface area contributed by atoms with Gasteiger partial charge in [-0.15, -0.1) is 0 Å². The number of nitrogens with two attached hydrogens (primary N) is 2. The molecule has 26 heavy (non-hydrogen) atoms. The first-order chi connectivity index (χ1) is 12.2. The Kier molecular flexibility index (Phi) is 6.18. The van der Waals surface area contributed by atoms with Crippen molar-refractivity contribution in [2.45, 2.75) is 19.3 Å². The third kappa shape index (κ3) is 6.02. The molecule has 2 aromatic rings. The lowest BCUT2D eigenvalue weighted by atomic mass is 9.85. The topological polar surface area (TPSA) is 111 Å². The van der Waals surface area contributed by atoms with Crippen LogP contribution in [0.15, 0.2) is 65.0 Å². The number of benzene rings is 2. The number of guanidine groups is 1. The maximum Gasteiger partial charge on any atom is 0.233 e. The highest BCUT2D eigenvalue weighted by Crippen LogP contribution is 2.26. The van der Waals surface area contributed by atoms with E-state index in [1.165, 1.54) is 5.41 Å². The molecule has 5 N–H and O–H groups in total. The molecule has 6 nitrogen and oxygen atoms in total. The predicted octanol–water partition coefficient (Wildman–Crippen LogP) is 2.46. The molecule has 0 radical (unpaired) electrons. The molecular formula is C19H24N4O2S. The van der Waals surface area contributed by atoms with Crippen LogP contribution >= 0.6 is 0 Å². The smallest absolute Gasteiger partial charge is 0.233 e. The summed E-state index contributed by atoms with van der Waals surface area (Å²) in [6.45, 7) is 4.13. The quantitative estimate of drug-likeness (QED) is 0.512. The molecule has 0 saturated carbocycles. The summed E-state index contributed by atoms with van der Waals surface area (Å²) in [5, 5.41) is 1.17. The summed E-state index contributed by atoms with van der Waals surface area (Å²) < 4.78 is 27.1. The molecule has 0 aromatic heterocycles. The first-order valence-electron chi connectivity index (χ1n) is 8.11. The molecule has 138 valence electrons. The fraction of sp³-hybridized carbons (Fsp3) is 0.211. The Balaban J connectivity index is 2.09. The van der Waals surface area contributed by atoms with Gasteiger partial charge in [-0.1, -0.05) is 56.3 Å². The fourth-order valence-corrected chi connectivity index (χ4v) is 3.30. The Morgan fingerprint density at radius 1 is 1.12 bits per heavy atom. The summed E-state index contributed by atoms with van der Waals surface area (Å²) in [4.78, 5) is 4.03. The van der Waals surface area contributed by atoms with Gasteiger partial charge in [-0.05, 0) is 29.3 Å². The van der Waals surface area contributed by atoms with Crippen LogP contribution in [-0.2, 0) is 15.4 Å². The van der Waals surface area contributed by atoms with Crippen molar-refractivity contribution in [3.8, 4) is 0 Å². The van der Waals surface area contributed by atoms with Gasteiger partial charge in [-0.25, -0.2) is 18.1 Å². The van der Waals surface area contributed by atoms with E-state index in [9.17, 15) is 8.42 Å². The number of hydrogen-bond donors (Lipinski definition) is 3. The summed E-state index contributed by atoms with van der Waals surface area (Å²) in [5.74, 6) is -0.0216. The average Bonchev–Trinajstić information content (AvgIpc) is 2.59. The second-order valence-corrected chi connectivity index (χ2v) is 8.20. The third-order valence-corrected chi connectivity index (χ3v) is 4.88. The van der Waals surface area contributed by atoms with Gasteiger partial charge in [0.05, 0.1) is 5.69 Å². The Hall–Kier alpha value is -2.64. The number of aliphatic imine (C=N–C) groups is 1. The van der Waals surface area contributed by atoms with E-state index in [4.69, 9.17) is 11.5 Å². The van der Waals surface area contributed by atoms with E-state index in [-0.39, 0.29) is 12.5 Å². The first kappa shape index (κ1) is 19.7. The van der Waals surface area contributed by atoms with Crippen molar-refractivity contribution < 1.29 is 8.42 Å². The van der Waals surface area contributed by atoms with Gasteiger partial charge in [0.2, 0.25) is 10.0 Å². The van der Waals surface area contributed by atoms with Crippen LogP contribution in [0.4, 0.5) is 5.69 Å². The minimum Gasteiger partial charge on any atom is -0.370 e. The Bertz CT molecular complexity index is 900. The fourth-order valence-electron chi connectivity index (χ4n) is 2.31. The van der Waals surface area contributed by atoms with Gasteiger partial charge in [0.25, 0.3) is 0 Å². The SMILES string of the molecule is CC(C)(CNS(=O)(=O)C=Cc1ccccc1)c1cccc(N=C(N)N)c1. The van der Waals surface area contributed by atoms with E-state index in [2.05, 4.69) is 9.71 Å². The molecule has 2 aromatic carbocycles. The van der Waals surface area contributed by atoms with E-state index in [1.54, 1.807) is 12.1 Å². The van der Waals surface area contributed by atoms with Crippen molar-refractivity contribution in [2.75, 3.05) is 6.54 Å². The van der Waals surface area contributed by atoms with Gasteiger partial charge in [0.15, 0.2) is 5.96 Å². The molecule has 0 fully saturated rings. The van der Waals surface area contributed by atoms with Gasteiger partial charge < -0.3 is 11.5 Å². The van der Waals surface area contributed by atoms with Crippen LogP contribution in [0.3, 0.4) is 0 Å². The second kappa shape index (κ2) is 8.16. The van der Waals surface area contributed by atoms with Gasteiger partial charge in [0.1, 0.15) is 0 Å². The van der Waals surface area contributed by atoms with E-state index < -0.39 is 15.4 Å². The van der Waals surface area contributed by atoms with Crippen molar-refractivity contribution in [3.63, 3.8) is 0 Å². The molecule has 0 aliphatic heterocycles. The minimum absolute atomic E-state index is 0.0216. The molecule has 7 heteroatoms. The summed E-state index contributed by atoms with van der Waals surface area (Å²) in [6, 6.07) is 16.6. The number of nitrogens with one attached hydrogen (secondary N) is 1. The standard InChI is InChI=1S/C19H24N4O2S/c1-19(2,16-9-6-10-17(13-16)23-18(20)21)14-22-26(24,25)12-11-15-7-4-3-5-8-15/h3-13,22H,14H2,1-2H3,(H4,20,21,23). The molecule has 0 unspecified atom stereocenters. The zero-order valence-electron chi connectivity index (χ0n) is 14.9. The highest BCUT2D eigenvalue weighted by atomic mass is 32.2. The molecule has 0 heterocycles. The molecule has 0 bridgehead atoms. The van der Waals surface area contributed by atoms with Crippen molar-refractivity contribution in [3.05, 3.63) is 71.1 Å². The lowest BCUT2D eigenvalue weighted by Gasteiger charge is -2.25. The molecule has 0 amide bonds. The number of nitrogens with zero attached hydrogens (tertiary/aromatic N) is 1. The summed E-state index contributed by atoms with van der Waals surface area (Å²) >= 11 is 0. The lowest BCUT2D eigenvalue weighted by molar-refractivity contribution is 0.505. The molecule has 0 atom stereocenters. The van der Waals surface area contributed by atoms with Gasteiger partial charge >= 0.3 is 0 Å². The van der Waals surface area contributed by atoms with E-state index >= 15 is 0 Å². The molecule has 0 saturated heterocycles. The van der Waals surface area contributed by atoms with Crippen molar-refractivity contribution >= 4 is 27.7 Å². The van der Waals surface area contributed by atoms with Gasteiger partial charge in [-0.3, -0.25) is 0 Å². The van der Waals surface area contributed by atoms with Crippen LogP contribution in [-0.4, -0.2) is 20.9 Å². The van der Waals surface area contributed by atoms with Gasteiger partial charge in [0, 0.05) is 17.4 Å². The Morgan fingerprint density at radius 2 is 1.81 bits per heavy atom. The predicted molar refractivity (Wildman–Crippen MR) is 107 cm³/mol. The van der Waals surface area contributed by atoms with Crippen LogP contribution in [0, 0.1) is 0 Å². The molecular weight excluding hydrogens is 348 g/mol. The van der Waals surface area contributed by atoms with Crippen LogP contribution in [0.2, 0.25) is 0 Å². The summed E-state index contributed by atoms with van der Waals surface area (Å²) in [7, 11) is -3.55. The highest BCUT2D eigenvalue weighted by molar-refractivity contribution is 7.92. The monoisotopic (exact) mass is 372 g/mol. The van der Waals surface area contributed by atoms with E-state index in [0.717, 1.165) is 11.1 Å². The largest absolute Gasteiger partial charge is 0.370 e. The Morgan fingerprint density at radius 3 is 2.46 bits per heavy atom. The molecule has 0 aliphatic carbocycles. The van der Waals surface area contributed by atoms with Crippen molar-refractivity contribution in [1.29, 1.82) is 0 Å². The second-order valence-electron chi connectivity index (χ2n) is 6.55. The van der Waals surface area contributed by atoms with Crippen LogP contribution in [0.25, 0.3) is 6.08 Å². The average molecular weight is 372 g/mol. The highest BCUT2D eigenvalue weighted by Gasteiger charge is 2.23. The van der Waals surface area contributed by atoms with Gasteiger partial charge in [-0.2, -0.15) is 0 Å². The van der Waals surface area contributed by atoms with Crippen LogP contribution < -0.4 is 16.2 Å². The van der Waals surface area contributed by atoms with Crippen molar-refractivity contribution in [2.24, 2.45) is 16.5 Å². The number of sulfonamides is 1. The summed E-state index contributed by atoms with van der Waals surface area (Å²) in [5.41, 5.74) is 12.8. The molecule has 0 aliphatic rings. The lowest BCUT2D eigenvalue weighted by Crippen LogP contribution is -2.35. The maximum atomic E-state index is 12.2. The maximum absolute atomic E-state index is 12.2.